The van der Waals surface area contributed by atoms with E-state index in [-0.39, 0.29) is 5.41 Å². The molecule has 0 radical (unpaired) electrons. The third kappa shape index (κ3) is 2.84. The monoisotopic (exact) mass is 277 g/mol. The van der Waals surface area contributed by atoms with Gasteiger partial charge in [0.15, 0.2) is 0 Å². The number of benzene rings is 1. The maximum absolute atomic E-state index is 10.8. The van der Waals surface area contributed by atoms with Crippen LogP contribution in [0.25, 0.3) is 0 Å². The smallest absolute Gasteiger partial charge is 0.119 e. The lowest BCUT2D eigenvalue weighted by molar-refractivity contribution is -0.0362. The predicted octanol–water partition coefficient (Wildman–Crippen LogP) is 2.82. The molecule has 0 atom stereocenters. The molecule has 1 saturated heterocycles. The highest BCUT2D eigenvalue weighted by atomic mass is 16.5. The molecule has 0 saturated carbocycles. The summed E-state index contributed by atoms with van der Waals surface area (Å²) >= 11 is 0. The molecule has 0 amide bonds. The van der Waals surface area contributed by atoms with Crippen molar-refractivity contribution in [1.82, 2.24) is 4.90 Å². The van der Waals surface area contributed by atoms with Gasteiger partial charge in [0.2, 0.25) is 0 Å². The minimum atomic E-state index is -0.737. The molecule has 0 unspecified atom stereocenters. The molecule has 3 nitrogen and oxygen atoms in total. The second-order valence-corrected chi connectivity index (χ2v) is 6.41. The van der Waals surface area contributed by atoms with Crippen molar-refractivity contribution < 1.29 is 9.84 Å². The highest BCUT2D eigenvalue weighted by Crippen LogP contribution is 2.44. The van der Waals surface area contributed by atoms with E-state index in [2.05, 4.69) is 24.1 Å². The number of aliphatic hydroxyl groups is 1. The van der Waals surface area contributed by atoms with Crippen molar-refractivity contribution >= 4 is 0 Å². The first-order valence-electron chi connectivity index (χ1n) is 7.53. The molecule has 1 heterocycles. The fourth-order valence-corrected chi connectivity index (χ4v) is 3.30. The van der Waals surface area contributed by atoms with Crippen LogP contribution >= 0.6 is 0 Å². The summed E-state index contributed by atoms with van der Waals surface area (Å²) in [6.45, 7) is 8.57. The van der Waals surface area contributed by atoms with Gasteiger partial charge in [0.25, 0.3) is 0 Å². The largest absolute Gasteiger partial charge is 0.494 e. The van der Waals surface area contributed by atoms with E-state index in [1.54, 1.807) is 0 Å². The first-order valence-corrected chi connectivity index (χ1v) is 7.53. The molecule has 0 bridgehead atoms. The van der Waals surface area contributed by atoms with Crippen LogP contribution in [-0.4, -0.2) is 42.4 Å². The molecule has 3 heteroatoms. The normalized spacial score (nSPS) is 19.9. The highest BCUT2D eigenvalue weighted by Gasteiger charge is 2.46. The van der Waals surface area contributed by atoms with Crippen molar-refractivity contribution in [3.8, 4) is 5.75 Å². The second-order valence-electron chi connectivity index (χ2n) is 6.41. The molecule has 112 valence electrons. The standard InChI is InChI=1S/C17H27NO2/c1-5-20-15-8-6-7-14(13-15)17(16(2,3)19)9-11-18(4)12-10-17/h6-8,13,19H,5,9-12H2,1-4H3. The molecule has 2 rings (SSSR count). The Morgan fingerprint density at radius 1 is 1.30 bits per heavy atom. The Bertz CT molecular complexity index is 443. The van der Waals surface area contributed by atoms with Crippen molar-refractivity contribution in [2.75, 3.05) is 26.7 Å². The number of hydrogen-bond donors (Lipinski definition) is 1. The van der Waals surface area contributed by atoms with E-state index in [4.69, 9.17) is 4.74 Å². The number of nitrogens with zero attached hydrogens (tertiary/aromatic N) is 1. The Kier molecular flexibility index (Phi) is 4.40. The van der Waals surface area contributed by atoms with E-state index >= 15 is 0 Å². The van der Waals surface area contributed by atoms with Crippen LogP contribution in [0.5, 0.6) is 5.75 Å². The molecule has 1 aliphatic heterocycles. The zero-order valence-electron chi connectivity index (χ0n) is 13.1. The Morgan fingerprint density at radius 2 is 1.95 bits per heavy atom. The molecular formula is C17H27NO2. The van der Waals surface area contributed by atoms with Crippen molar-refractivity contribution in [3.05, 3.63) is 29.8 Å². The van der Waals surface area contributed by atoms with Crippen molar-refractivity contribution in [2.24, 2.45) is 0 Å². The lowest BCUT2D eigenvalue weighted by atomic mass is 9.63. The molecule has 20 heavy (non-hydrogen) atoms. The van der Waals surface area contributed by atoms with Gasteiger partial charge in [-0.2, -0.15) is 0 Å². The first kappa shape index (κ1) is 15.3. The quantitative estimate of drug-likeness (QED) is 0.918. The Balaban J connectivity index is 2.39. The summed E-state index contributed by atoms with van der Waals surface area (Å²) in [5.74, 6) is 0.896. The minimum Gasteiger partial charge on any atom is -0.494 e. The van der Waals surface area contributed by atoms with E-state index in [0.717, 1.165) is 31.7 Å². The lowest BCUT2D eigenvalue weighted by Gasteiger charge is -2.48. The van der Waals surface area contributed by atoms with E-state index in [0.29, 0.717) is 6.61 Å². The fourth-order valence-electron chi connectivity index (χ4n) is 3.30. The van der Waals surface area contributed by atoms with Crippen molar-refractivity contribution in [1.29, 1.82) is 0 Å². The topological polar surface area (TPSA) is 32.7 Å². The van der Waals surface area contributed by atoms with Crippen LogP contribution in [0.1, 0.15) is 39.2 Å². The molecular weight excluding hydrogens is 250 g/mol. The van der Waals surface area contributed by atoms with Crippen molar-refractivity contribution in [3.63, 3.8) is 0 Å². The summed E-state index contributed by atoms with van der Waals surface area (Å²) in [5, 5.41) is 10.8. The lowest BCUT2D eigenvalue weighted by Crippen LogP contribution is -2.53. The predicted molar refractivity (Wildman–Crippen MR) is 82.3 cm³/mol. The van der Waals surface area contributed by atoms with E-state index in [1.807, 2.05) is 32.9 Å². The van der Waals surface area contributed by atoms with Crippen LogP contribution < -0.4 is 4.74 Å². The zero-order chi connectivity index (χ0) is 14.8. The summed E-state index contributed by atoms with van der Waals surface area (Å²) in [6.07, 6.45) is 1.95. The van der Waals surface area contributed by atoms with Gasteiger partial charge in [0.1, 0.15) is 5.75 Å². The van der Waals surface area contributed by atoms with Gasteiger partial charge in [-0.1, -0.05) is 12.1 Å². The van der Waals surface area contributed by atoms with Gasteiger partial charge in [-0.05, 0) is 71.4 Å². The van der Waals surface area contributed by atoms with Gasteiger partial charge in [-0.3, -0.25) is 0 Å². The van der Waals surface area contributed by atoms with Crippen LogP contribution in [0.4, 0.5) is 0 Å². The third-order valence-corrected chi connectivity index (χ3v) is 4.71. The summed E-state index contributed by atoms with van der Waals surface area (Å²) in [4.78, 5) is 2.33. The van der Waals surface area contributed by atoms with Gasteiger partial charge in [-0.25, -0.2) is 0 Å². The SMILES string of the molecule is CCOc1cccc(C2(C(C)(C)O)CCN(C)CC2)c1. The van der Waals surface area contributed by atoms with Gasteiger partial charge in [0, 0.05) is 5.41 Å². The van der Waals surface area contributed by atoms with Gasteiger partial charge in [0.05, 0.1) is 12.2 Å². The molecule has 0 aliphatic carbocycles. The van der Waals surface area contributed by atoms with E-state index in [9.17, 15) is 5.11 Å². The van der Waals surface area contributed by atoms with Gasteiger partial charge >= 0.3 is 0 Å². The van der Waals surface area contributed by atoms with E-state index in [1.165, 1.54) is 5.56 Å². The van der Waals surface area contributed by atoms with Crippen LogP contribution in [0.2, 0.25) is 0 Å². The maximum Gasteiger partial charge on any atom is 0.119 e. The number of likely N-dealkylation sites (tertiary alicyclic amines) is 1. The molecule has 1 aliphatic rings. The molecule has 1 aromatic rings. The Labute approximate surface area is 122 Å². The number of hydrogen-bond acceptors (Lipinski definition) is 3. The maximum atomic E-state index is 10.8. The molecule has 1 N–H and O–H groups in total. The summed E-state index contributed by atoms with van der Waals surface area (Å²) in [6, 6.07) is 8.25. The van der Waals surface area contributed by atoms with Gasteiger partial charge in [-0.15, -0.1) is 0 Å². The minimum absolute atomic E-state index is 0.188. The van der Waals surface area contributed by atoms with Crippen LogP contribution in [0, 0.1) is 0 Å². The molecule has 1 fully saturated rings. The Morgan fingerprint density at radius 3 is 2.50 bits per heavy atom. The third-order valence-electron chi connectivity index (χ3n) is 4.71. The number of ether oxygens (including phenoxy) is 1. The van der Waals surface area contributed by atoms with Crippen LogP contribution in [-0.2, 0) is 5.41 Å². The van der Waals surface area contributed by atoms with Gasteiger partial charge < -0.3 is 14.7 Å². The average molecular weight is 277 g/mol. The second kappa shape index (κ2) is 5.74. The van der Waals surface area contributed by atoms with E-state index < -0.39 is 5.60 Å². The van der Waals surface area contributed by atoms with Crippen LogP contribution in [0.3, 0.4) is 0 Å². The fraction of sp³-hybridized carbons (Fsp3) is 0.647. The van der Waals surface area contributed by atoms with Crippen molar-refractivity contribution in [2.45, 2.75) is 44.6 Å². The molecule has 0 spiro atoms. The summed E-state index contributed by atoms with van der Waals surface area (Å²) in [5.41, 5.74) is 0.273. The molecule has 0 aromatic heterocycles. The Hall–Kier alpha value is -1.06. The molecule has 1 aromatic carbocycles. The zero-order valence-corrected chi connectivity index (χ0v) is 13.1. The number of piperidine rings is 1. The average Bonchev–Trinajstić information content (AvgIpc) is 2.39. The number of rotatable bonds is 4. The first-order chi connectivity index (χ1) is 9.39. The summed E-state index contributed by atoms with van der Waals surface area (Å²) in [7, 11) is 2.14. The van der Waals surface area contributed by atoms with Crippen LogP contribution in [0.15, 0.2) is 24.3 Å². The highest BCUT2D eigenvalue weighted by molar-refractivity contribution is 5.36. The summed E-state index contributed by atoms with van der Waals surface area (Å²) < 4.78 is 5.62.